The van der Waals surface area contributed by atoms with Gasteiger partial charge in [0.25, 0.3) is 0 Å². The van der Waals surface area contributed by atoms with Crippen LogP contribution in [0.3, 0.4) is 0 Å². The second kappa shape index (κ2) is 6.94. The number of benzene rings is 2. The fourth-order valence-corrected chi connectivity index (χ4v) is 3.85. The van der Waals surface area contributed by atoms with Crippen LogP contribution >= 0.6 is 0 Å². The van der Waals surface area contributed by atoms with Gasteiger partial charge < -0.3 is 0 Å². The van der Waals surface area contributed by atoms with Crippen LogP contribution in [0.25, 0.3) is 10.8 Å². The molecule has 0 spiro atoms. The Morgan fingerprint density at radius 1 is 0.957 bits per heavy atom. The van der Waals surface area contributed by atoms with E-state index in [1.807, 2.05) is 12.1 Å². The molecule has 0 radical (unpaired) electrons. The average molecular weight is 320 g/mol. The van der Waals surface area contributed by atoms with Crippen molar-refractivity contribution in [1.29, 1.82) is 0 Å². The summed E-state index contributed by atoms with van der Waals surface area (Å²) in [5.41, 5.74) is 1.12. The second-order valence-corrected chi connectivity index (χ2v) is 6.83. The van der Waals surface area contributed by atoms with Crippen LogP contribution in [0.4, 0.5) is 13.2 Å². The van der Waals surface area contributed by atoms with Crippen LogP contribution < -0.4 is 0 Å². The minimum atomic E-state index is -1.39. The average Bonchev–Trinajstić information content (AvgIpc) is 2.58. The summed E-state index contributed by atoms with van der Waals surface area (Å²) < 4.78 is 40.5. The molecule has 3 heteroatoms. The molecule has 1 aliphatic rings. The zero-order valence-electron chi connectivity index (χ0n) is 13.5. The number of hydrogen-bond acceptors (Lipinski definition) is 0. The summed E-state index contributed by atoms with van der Waals surface area (Å²) in [4.78, 5) is 0. The van der Waals surface area contributed by atoms with Crippen LogP contribution in [0.5, 0.6) is 0 Å². The van der Waals surface area contributed by atoms with Crippen molar-refractivity contribution in [3.8, 4) is 0 Å². The molecular weight excluding hydrogens is 297 g/mol. The van der Waals surface area contributed by atoms with Crippen molar-refractivity contribution in [3.05, 3.63) is 47.3 Å². The molecule has 3 rings (SSSR count). The molecule has 0 amide bonds. The van der Waals surface area contributed by atoms with Gasteiger partial charge in [-0.25, -0.2) is 13.2 Å². The fourth-order valence-electron chi connectivity index (χ4n) is 3.85. The molecule has 2 aromatic rings. The molecule has 0 N–H and O–H groups in total. The van der Waals surface area contributed by atoms with E-state index in [9.17, 15) is 13.2 Å². The van der Waals surface area contributed by atoms with Gasteiger partial charge >= 0.3 is 0 Å². The van der Waals surface area contributed by atoms with Crippen molar-refractivity contribution in [2.45, 2.75) is 57.8 Å². The van der Waals surface area contributed by atoms with E-state index in [1.165, 1.54) is 32.1 Å². The first kappa shape index (κ1) is 16.4. The number of fused-ring (bicyclic) bond motifs is 1. The molecule has 1 aliphatic carbocycles. The van der Waals surface area contributed by atoms with E-state index in [-0.39, 0.29) is 5.39 Å². The standard InChI is InChI=1S/C20H23F3/c1-2-3-4-13-5-7-14(8-6-13)15-9-10-17-16(11-15)12-18(21)20(23)19(17)22/h9-14H,2-8H2,1H3. The Morgan fingerprint density at radius 3 is 2.39 bits per heavy atom. The van der Waals surface area contributed by atoms with Crippen molar-refractivity contribution >= 4 is 10.8 Å². The first-order valence-corrected chi connectivity index (χ1v) is 8.67. The van der Waals surface area contributed by atoms with Gasteiger partial charge in [-0.15, -0.1) is 0 Å². The Labute approximate surface area is 135 Å². The first-order valence-electron chi connectivity index (χ1n) is 8.67. The number of hydrogen-bond donors (Lipinski definition) is 0. The maximum atomic E-state index is 13.8. The molecule has 0 heterocycles. The second-order valence-electron chi connectivity index (χ2n) is 6.83. The highest BCUT2D eigenvalue weighted by molar-refractivity contribution is 5.84. The number of halogens is 3. The van der Waals surface area contributed by atoms with E-state index in [2.05, 4.69) is 6.92 Å². The lowest BCUT2D eigenvalue weighted by Gasteiger charge is -2.29. The van der Waals surface area contributed by atoms with Crippen molar-refractivity contribution < 1.29 is 13.2 Å². The van der Waals surface area contributed by atoms with Crippen LogP contribution in [-0.2, 0) is 0 Å². The maximum absolute atomic E-state index is 13.8. The lowest BCUT2D eigenvalue weighted by Crippen LogP contribution is -2.13. The molecule has 0 atom stereocenters. The predicted molar refractivity (Wildman–Crippen MR) is 88.0 cm³/mol. The van der Waals surface area contributed by atoms with Gasteiger partial charge in [-0.2, -0.15) is 0 Å². The molecule has 1 saturated carbocycles. The third-order valence-corrected chi connectivity index (χ3v) is 5.28. The van der Waals surface area contributed by atoms with Crippen LogP contribution in [-0.4, -0.2) is 0 Å². The van der Waals surface area contributed by atoms with E-state index in [4.69, 9.17) is 0 Å². The molecule has 0 saturated heterocycles. The van der Waals surface area contributed by atoms with Crippen LogP contribution in [0.1, 0.15) is 63.4 Å². The Morgan fingerprint density at radius 2 is 1.70 bits per heavy atom. The van der Waals surface area contributed by atoms with Crippen LogP contribution in [0, 0.1) is 23.4 Å². The molecular formula is C20H23F3. The van der Waals surface area contributed by atoms with Gasteiger partial charge in [-0.1, -0.05) is 44.4 Å². The maximum Gasteiger partial charge on any atom is 0.195 e. The topological polar surface area (TPSA) is 0 Å². The summed E-state index contributed by atoms with van der Waals surface area (Å²) >= 11 is 0. The van der Waals surface area contributed by atoms with Gasteiger partial charge in [0.2, 0.25) is 0 Å². The van der Waals surface area contributed by atoms with Gasteiger partial charge in [0.15, 0.2) is 17.5 Å². The summed E-state index contributed by atoms with van der Waals surface area (Å²) in [6, 6.07) is 6.40. The highest BCUT2D eigenvalue weighted by Crippen LogP contribution is 2.38. The SMILES string of the molecule is CCCCC1CCC(c2ccc3c(F)c(F)c(F)cc3c2)CC1. The largest absolute Gasteiger partial charge is 0.204 e. The van der Waals surface area contributed by atoms with E-state index < -0.39 is 17.5 Å². The highest BCUT2D eigenvalue weighted by Gasteiger charge is 2.23. The van der Waals surface area contributed by atoms with E-state index in [1.54, 1.807) is 6.07 Å². The lowest BCUT2D eigenvalue weighted by atomic mass is 9.77. The van der Waals surface area contributed by atoms with Gasteiger partial charge in [-0.3, -0.25) is 0 Å². The molecule has 0 aliphatic heterocycles. The lowest BCUT2D eigenvalue weighted by molar-refractivity contribution is 0.304. The monoisotopic (exact) mass is 320 g/mol. The fraction of sp³-hybridized carbons (Fsp3) is 0.500. The summed E-state index contributed by atoms with van der Waals surface area (Å²) in [7, 11) is 0. The minimum absolute atomic E-state index is 0.157. The van der Waals surface area contributed by atoms with E-state index in [0.717, 1.165) is 30.4 Å². The smallest absolute Gasteiger partial charge is 0.195 e. The Bertz CT molecular complexity index is 685. The normalized spacial score (nSPS) is 21.7. The van der Waals surface area contributed by atoms with E-state index >= 15 is 0 Å². The summed E-state index contributed by atoms with van der Waals surface area (Å²) in [5.74, 6) is -2.31. The predicted octanol–water partition coefficient (Wildman–Crippen LogP) is 6.72. The van der Waals surface area contributed by atoms with Gasteiger partial charge in [0.05, 0.1) is 0 Å². The zero-order chi connectivity index (χ0) is 16.4. The molecule has 0 nitrogen and oxygen atoms in total. The Balaban J connectivity index is 1.78. The van der Waals surface area contributed by atoms with Crippen LogP contribution in [0.2, 0.25) is 0 Å². The minimum Gasteiger partial charge on any atom is -0.204 e. The summed E-state index contributed by atoms with van der Waals surface area (Å²) in [6.45, 7) is 2.22. The molecule has 0 bridgehead atoms. The molecule has 0 aromatic heterocycles. The molecule has 23 heavy (non-hydrogen) atoms. The van der Waals surface area contributed by atoms with E-state index in [0.29, 0.717) is 11.3 Å². The Kier molecular flexibility index (Phi) is 4.93. The Hall–Kier alpha value is -1.51. The van der Waals surface area contributed by atoms with Crippen molar-refractivity contribution in [3.63, 3.8) is 0 Å². The molecule has 1 fully saturated rings. The van der Waals surface area contributed by atoms with Crippen molar-refractivity contribution in [2.75, 3.05) is 0 Å². The van der Waals surface area contributed by atoms with Crippen molar-refractivity contribution in [1.82, 2.24) is 0 Å². The molecule has 2 aromatic carbocycles. The molecule has 124 valence electrons. The van der Waals surface area contributed by atoms with Gasteiger partial charge in [0, 0.05) is 5.39 Å². The zero-order valence-corrected chi connectivity index (χ0v) is 13.5. The summed E-state index contributed by atoms with van der Waals surface area (Å²) in [5, 5.41) is 0.608. The van der Waals surface area contributed by atoms with Crippen molar-refractivity contribution in [2.24, 2.45) is 5.92 Å². The van der Waals surface area contributed by atoms with Crippen LogP contribution in [0.15, 0.2) is 24.3 Å². The third kappa shape index (κ3) is 3.39. The first-order chi connectivity index (χ1) is 11.1. The third-order valence-electron chi connectivity index (χ3n) is 5.28. The highest BCUT2D eigenvalue weighted by atomic mass is 19.2. The number of unbranched alkanes of at least 4 members (excludes halogenated alkanes) is 1. The van der Waals surface area contributed by atoms with Gasteiger partial charge in [0.1, 0.15) is 0 Å². The summed E-state index contributed by atoms with van der Waals surface area (Å²) in [6.07, 6.45) is 8.59. The van der Waals surface area contributed by atoms with Gasteiger partial charge in [-0.05, 0) is 54.5 Å². The molecule has 0 unspecified atom stereocenters. The number of rotatable bonds is 4. The quantitative estimate of drug-likeness (QED) is 0.548.